The van der Waals surface area contributed by atoms with E-state index in [0.717, 1.165) is 101 Å². The van der Waals surface area contributed by atoms with Gasteiger partial charge in [0.05, 0.1) is 0 Å². The number of allylic oxidation sites excluding steroid dienone is 2. The van der Waals surface area contributed by atoms with Crippen molar-refractivity contribution in [1.82, 2.24) is 0 Å². The van der Waals surface area contributed by atoms with Crippen LogP contribution >= 0.6 is 114 Å². The summed E-state index contributed by atoms with van der Waals surface area (Å²) in [4.78, 5) is 11.8. The summed E-state index contributed by atoms with van der Waals surface area (Å²) < 4.78 is 0. The highest BCUT2D eigenvalue weighted by Crippen LogP contribution is 2.27. The molecule has 4 aromatic carbocycles. The molecule has 0 amide bonds. The first-order chi connectivity index (χ1) is 38.4. The number of carbonyl (C=O) groups excluding carboxylic acids is 1. The van der Waals surface area contributed by atoms with Crippen LogP contribution in [-0.2, 0) is 44.3 Å². The Morgan fingerprint density at radius 3 is 1.14 bits per heavy atom. The van der Waals surface area contributed by atoms with Crippen LogP contribution in [-0.4, -0.2) is 39.6 Å². The van der Waals surface area contributed by atoms with Crippen molar-refractivity contribution in [2.24, 2.45) is 16.2 Å². The van der Waals surface area contributed by atoms with Crippen LogP contribution in [0.15, 0.2) is 121 Å². The zero-order valence-electron chi connectivity index (χ0n) is 54.0. The maximum absolute atomic E-state index is 10.9. The van der Waals surface area contributed by atoms with Crippen molar-refractivity contribution in [2.45, 2.75) is 219 Å². The largest absolute Gasteiger partial charge is 0.282 e. The molecular weight excluding hydrogens is 1160 g/mol. The minimum atomic E-state index is -0.151. The van der Waals surface area contributed by atoms with Gasteiger partial charge in [-0.3, -0.25) is 4.79 Å². The molecule has 0 fully saturated rings. The van der Waals surface area contributed by atoms with Crippen LogP contribution in [0.2, 0.25) is 0 Å². The Morgan fingerprint density at radius 1 is 0.444 bits per heavy atom. The van der Waals surface area contributed by atoms with Crippen LogP contribution in [0.4, 0.5) is 0 Å². The molecule has 0 N–H and O–H groups in total. The topological polar surface area (TPSA) is 17.1 Å². The summed E-state index contributed by atoms with van der Waals surface area (Å²) in [5, 5.41) is -0.151. The number of rotatable bonds is 25. The lowest BCUT2D eigenvalue weighted by molar-refractivity contribution is 0.109. The van der Waals surface area contributed by atoms with Gasteiger partial charge in [0.25, 0.3) is 0 Å². The van der Waals surface area contributed by atoms with Crippen molar-refractivity contribution in [3.8, 4) is 0 Å². The van der Waals surface area contributed by atoms with Crippen LogP contribution in [0.1, 0.15) is 224 Å². The average molecular weight is 1280 g/mol. The fourth-order valence-electron chi connectivity index (χ4n) is 7.60. The summed E-state index contributed by atoms with van der Waals surface area (Å²) in [5.41, 5.74) is 11.7. The number of aryl methyl sites for hydroxylation is 5. The molecule has 0 atom stereocenters. The fraction of sp³-hybridized carbons (Fsp3) is 0.592. The predicted molar refractivity (Wildman–Crippen MR) is 408 cm³/mol. The summed E-state index contributed by atoms with van der Waals surface area (Å²) in [7, 11) is 0. The lowest BCUT2D eigenvalue weighted by Gasteiger charge is -2.22. The van der Waals surface area contributed by atoms with Gasteiger partial charge in [-0.1, -0.05) is 252 Å². The van der Waals surface area contributed by atoms with E-state index in [0.29, 0.717) is 16.2 Å². The Labute approximate surface area is 553 Å². The maximum atomic E-state index is 10.9. The van der Waals surface area contributed by atoms with Crippen molar-refractivity contribution in [1.29, 1.82) is 0 Å². The summed E-state index contributed by atoms with van der Waals surface area (Å²) in [6.45, 7) is 37.0. The zero-order valence-corrected chi connectivity index (χ0v) is 62.1. The molecule has 10 heteroatoms. The van der Waals surface area contributed by atoms with Gasteiger partial charge >= 0.3 is 0 Å². The Hall–Kier alpha value is -0.820. The standard InChI is InChI=1S/C11H14S.C10H14S.C9H10OS.C9H12S.C8H18S.2C7H16S.C5H12S.C5H10S/c1-3-10-6-4-5-7-11(10)8-9(2)12;1-2-9-5-3-4-6-10(9)7-8-11;1-2-7-5-3-4-6-8(7)9(10)11;1-2-8-5-3-4-6-9(8)7-10;1-4-5-8(2,3)6-7-9;1-4-7(2,3)5-6-8;1-4-5-7(2,3)6-8;2*1-2-3-4-5-6/h4-7,12H,2-3,8H2,1H3;3-6,11H,2,7-8H2,1H3;3-6H,2H2,1H3,(H,10,11);3-6,10H,2,7H2,1H3;9H,4-7H2,1-3H3;2*8H,4-6H2,1-3H3;6H,2-5H2,1H3;3-4,6H,2,5H2,1H3/b;;;;;;;;4-3-. The number of unbranched alkanes of at least 4 members (excludes halogenated alkanes) is 2. The molecular formula is C71H122OS9. The SMILES string of the molecule is C=C(S)Cc1ccccc1CC.CC/C=C\CS.CCC(C)(C)CCS.CCCC(C)(C)CCS.CCCC(C)(C)CS.CCCCCS.CCc1ccccc1C(=O)S.CCc1ccccc1CCS.CCc1ccccc1CS. The molecule has 0 aliphatic carbocycles. The number of carbonyl (C=O) groups is 1. The van der Waals surface area contributed by atoms with Crippen LogP contribution < -0.4 is 0 Å². The van der Waals surface area contributed by atoms with Crippen LogP contribution in [0.25, 0.3) is 0 Å². The molecule has 4 aromatic rings. The molecule has 81 heavy (non-hydrogen) atoms. The molecule has 0 aliphatic rings. The fourth-order valence-corrected chi connectivity index (χ4v) is 10.3. The lowest BCUT2D eigenvalue weighted by atomic mass is 9.85. The van der Waals surface area contributed by atoms with Gasteiger partial charge in [0.15, 0.2) is 0 Å². The number of hydrogen-bond acceptors (Lipinski definition) is 9. The molecule has 0 heterocycles. The molecule has 0 spiro atoms. The Kier molecular flexibility index (Phi) is 66.8. The Balaban J connectivity index is -0.000000270. The second kappa shape index (κ2) is 60.9. The molecule has 0 radical (unpaired) electrons. The van der Waals surface area contributed by atoms with Crippen LogP contribution in [0.5, 0.6) is 0 Å². The molecule has 0 saturated carbocycles. The highest BCUT2D eigenvalue weighted by molar-refractivity contribution is 7.97. The van der Waals surface area contributed by atoms with E-state index in [9.17, 15) is 4.79 Å². The van der Waals surface area contributed by atoms with Crippen molar-refractivity contribution >= 4 is 119 Å². The molecule has 466 valence electrons. The quantitative estimate of drug-likeness (QED) is 0.0184. The first-order valence-electron chi connectivity index (χ1n) is 30.2. The predicted octanol–water partition coefficient (Wildman–Crippen LogP) is 23.6. The Morgan fingerprint density at radius 2 is 0.852 bits per heavy atom. The molecule has 0 aliphatic heterocycles. The minimum absolute atomic E-state index is 0.151. The second-order valence-electron chi connectivity index (χ2n) is 22.0. The summed E-state index contributed by atoms with van der Waals surface area (Å²) in [6, 6.07) is 33.0. The van der Waals surface area contributed by atoms with E-state index in [-0.39, 0.29) is 5.12 Å². The summed E-state index contributed by atoms with van der Waals surface area (Å²) in [6.07, 6.45) is 24.3. The van der Waals surface area contributed by atoms with Gasteiger partial charge in [0, 0.05) is 23.5 Å². The minimum Gasteiger partial charge on any atom is -0.282 e. The van der Waals surface area contributed by atoms with Crippen LogP contribution in [0.3, 0.4) is 0 Å². The maximum Gasteiger partial charge on any atom is 0.216 e. The normalized spacial score (nSPS) is 10.5. The van der Waals surface area contributed by atoms with Crippen LogP contribution in [0, 0.1) is 16.2 Å². The highest BCUT2D eigenvalue weighted by Gasteiger charge is 2.15. The first kappa shape index (κ1) is 88.9. The van der Waals surface area contributed by atoms with Gasteiger partial charge < -0.3 is 0 Å². The number of thiol groups is 9. The molecule has 0 unspecified atom stereocenters. The van der Waals surface area contributed by atoms with E-state index in [1.807, 2.05) is 31.2 Å². The van der Waals surface area contributed by atoms with Crippen molar-refractivity contribution in [3.05, 3.63) is 165 Å². The van der Waals surface area contributed by atoms with E-state index in [4.69, 9.17) is 0 Å². The van der Waals surface area contributed by atoms with Gasteiger partial charge in [-0.15, -0.1) is 25.3 Å². The van der Waals surface area contributed by atoms with Gasteiger partial charge in [-0.25, -0.2) is 0 Å². The monoisotopic (exact) mass is 1280 g/mol. The van der Waals surface area contributed by atoms with Gasteiger partial charge in [0.1, 0.15) is 0 Å². The third-order valence-corrected chi connectivity index (χ3v) is 16.0. The molecule has 0 bridgehead atoms. The molecule has 0 saturated heterocycles. The average Bonchev–Trinajstić information content (AvgIpc) is 3.45. The third kappa shape index (κ3) is 55.5. The van der Waals surface area contributed by atoms with Gasteiger partial charge in [-0.05, 0) is 159 Å². The van der Waals surface area contributed by atoms with Gasteiger partial charge in [0.2, 0.25) is 5.12 Å². The number of hydrogen-bond donors (Lipinski definition) is 9. The first-order valence-corrected chi connectivity index (χ1v) is 35.6. The Bertz CT molecular complexity index is 2000. The van der Waals surface area contributed by atoms with E-state index in [1.54, 1.807) is 6.07 Å². The third-order valence-electron chi connectivity index (χ3n) is 13.2. The van der Waals surface area contributed by atoms with E-state index in [2.05, 4.69) is 296 Å². The molecule has 0 aromatic heterocycles. The van der Waals surface area contributed by atoms with Gasteiger partial charge in [-0.2, -0.15) is 88.4 Å². The lowest BCUT2D eigenvalue weighted by Crippen LogP contribution is -2.11. The zero-order chi connectivity index (χ0) is 63.0. The van der Waals surface area contributed by atoms with Crippen molar-refractivity contribution < 1.29 is 4.79 Å². The number of benzene rings is 4. The molecule has 4 rings (SSSR count). The van der Waals surface area contributed by atoms with Crippen molar-refractivity contribution in [3.63, 3.8) is 0 Å². The van der Waals surface area contributed by atoms with E-state index in [1.165, 1.54) is 97.6 Å². The smallest absolute Gasteiger partial charge is 0.216 e. The summed E-state index contributed by atoms with van der Waals surface area (Å²) >= 11 is 37.1. The van der Waals surface area contributed by atoms with E-state index >= 15 is 0 Å². The second-order valence-corrected chi connectivity index (χ2v) is 25.8. The van der Waals surface area contributed by atoms with Crippen molar-refractivity contribution in [2.75, 3.05) is 34.5 Å². The highest BCUT2D eigenvalue weighted by atomic mass is 32.1. The summed E-state index contributed by atoms with van der Waals surface area (Å²) in [5.74, 6) is 6.75. The molecule has 1 nitrogen and oxygen atoms in total. The van der Waals surface area contributed by atoms with E-state index < -0.39 is 0 Å².